The van der Waals surface area contributed by atoms with Crippen LogP contribution in [0.3, 0.4) is 0 Å². The van der Waals surface area contributed by atoms with E-state index < -0.39 is 5.41 Å². The Kier molecular flexibility index (Phi) is 6.46. The SMILES string of the molecule is CCOC(=O)c1ccc2c(c1)sc(=NC(=O)C(C)(C)C)n2CCSC. The fourth-order valence-electron chi connectivity index (χ4n) is 2.15. The van der Waals surface area contributed by atoms with Gasteiger partial charge in [0.2, 0.25) is 0 Å². The Labute approximate surface area is 156 Å². The van der Waals surface area contributed by atoms with E-state index in [0.717, 1.165) is 22.5 Å². The highest BCUT2D eigenvalue weighted by Crippen LogP contribution is 2.21. The zero-order chi connectivity index (χ0) is 18.6. The van der Waals surface area contributed by atoms with Crippen LogP contribution in [-0.4, -0.2) is 35.1 Å². The zero-order valence-corrected chi connectivity index (χ0v) is 16.9. The number of amides is 1. The molecular formula is C18H24N2O3S2. The van der Waals surface area contributed by atoms with Crippen molar-refractivity contribution in [3.05, 3.63) is 28.6 Å². The van der Waals surface area contributed by atoms with E-state index in [0.29, 0.717) is 17.0 Å². The third kappa shape index (κ3) is 4.73. The summed E-state index contributed by atoms with van der Waals surface area (Å²) in [4.78, 5) is 29.3. The van der Waals surface area contributed by atoms with E-state index in [4.69, 9.17) is 4.74 Å². The number of thioether (sulfide) groups is 1. The molecule has 25 heavy (non-hydrogen) atoms. The van der Waals surface area contributed by atoms with Gasteiger partial charge in [-0.15, -0.1) is 0 Å². The lowest BCUT2D eigenvalue weighted by Gasteiger charge is -2.12. The second kappa shape index (κ2) is 8.19. The normalized spacial score (nSPS) is 12.6. The third-order valence-electron chi connectivity index (χ3n) is 3.55. The summed E-state index contributed by atoms with van der Waals surface area (Å²) < 4.78 is 8.04. The predicted octanol–water partition coefficient (Wildman–Crippen LogP) is 3.72. The van der Waals surface area contributed by atoms with Crippen molar-refractivity contribution in [1.82, 2.24) is 4.57 Å². The highest BCUT2D eigenvalue weighted by Gasteiger charge is 2.21. The largest absolute Gasteiger partial charge is 0.462 e. The number of carbonyl (C=O) groups is 2. The van der Waals surface area contributed by atoms with Gasteiger partial charge in [0.05, 0.1) is 22.4 Å². The number of benzene rings is 1. The first-order chi connectivity index (χ1) is 11.8. The Morgan fingerprint density at radius 1 is 1.32 bits per heavy atom. The van der Waals surface area contributed by atoms with E-state index in [-0.39, 0.29) is 11.9 Å². The van der Waals surface area contributed by atoms with Gasteiger partial charge in [0.15, 0.2) is 4.80 Å². The average Bonchev–Trinajstić information content (AvgIpc) is 2.88. The van der Waals surface area contributed by atoms with Crippen LogP contribution < -0.4 is 4.80 Å². The summed E-state index contributed by atoms with van der Waals surface area (Å²) in [7, 11) is 0. The second-order valence-electron chi connectivity index (χ2n) is 6.60. The Morgan fingerprint density at radius 3 is 2.64 bits per heavy atom. The number of aromatic nitrogens is 1. The van der Waals surface area contributed by atoms with Crippen LogP contribution in [0.1, 0.15) is 38.1 Å². The Hall–Kier alpha value is -1.60. The molecule has 0 aliphatic heterocycles. The average molecular weight is 381 g/mol. The molecule has 0 aliphatic rings. The van der Waals surface area contributed by atoms with Crippen LogP contribution in [0.15, 0.2) is 23.2 Å². The van der Waals surface area contributed by atoms with E-state index >= 15 is 0 Å². The first-order valence-corrected chi connectivity index (χ1v) is 10.4. The van der Waals surface area contributed by atoms with E-state index in [1.165, 1.54) is 11.3 Å². The molecule has 7 heteroatoms. The highest BCUT2D eigenvalue weighted by atomic mass is 32.2. The van der Waals surface area contributed by atoms with Crippen LogP contribution in [0.2, 0.25) is 0 Å². The first-order valence-electron chi connectivity index (χ1n) is 8.16. The monoisotopic (exact) mass is 380 g/mol. The molecule has 136 valence electrons. The van der Waals surface area contributed by atoms with Crippen LogP contribution in [0.25, 0.3) is 10.2 Å². The number of ether oxygens (including phenoxy) is 1. The molecule has 0 fully saturated rings. The quantitative estimate of drug-likeness (QED) is 0.742. The van der Waals surface area contributed by atoms with E-state index in [1.807, 2.05) is 39.2 Å². The summed E-state index contributed by atoms with van der Waals surface area (Å²) >= 11 is 3.17. The van der Waals surface area contributed by atoms with Gasteiger partial charge in [0.25, 0.3) is 5.91 Å². The Balaban J connectivity index is 2.58. The lowest BCUT2D eigenvalue weighted by Crippen LogP contribution is -2.24. The lowest BCUT2D eigenvalue weighted by molar-refractivity contribution is -0.125. The first kappa shape index (κ1) is 19.7. The molecule has 0 saturated carbocycles. The van der Waals surface area contributed by atoms with Crippen LogP contribution in [0, 0.1) is 5.41 Å². The fraction of sp³-hybridized carbons (Fsp3) is 0.500. The lowest BCUT2D eigenvalue weighted by atomic mass is 9.96. The summed E-state index contributed by atoms with van der Waals surface area (Å²) in [5.41, 5.74) is 0.970. The summed E-state index contributed by atoms with van der Waals surface area (Å²) in [6.07, 6.45) is 2.05. The molecule has 1 aromatic heterocycles. The molecule has 0 radical (unpaired) electrons. The van der Waals surface area contributed by atoms with E-state index in [2.05, 4.69) is 9.56 Å². The van der Waals surface area contributed by atoms with Crippen LogP contribution in [-0.2, 0) is 16.1 Å². The number of esters is 1. The number of nitrogens with zero attached hydrogens (tertiary/aromatic N) is 2. The Morgan fingerprint density at radius 2 is 2.04 bits per heavy atom. The molecule has 1 heterocycles. The molecule has 2 aromatic rings. The van der Waals surface area contributed by atoms with Gasteiger partial charge in [-0.2, -0.15) is 16.8 Å². The van der Waals surface area contributed by atoms with Crippen LogP contribution in [0.5, 0.6) is 0 Å². The number of hydrogen-bond acceptors (Lipinski definition) is 5. The van der Waals surface area contributed by atoms with Gasteiger partial charge in [-0.1, -0.05) is 32.1 Å². The van der Waals surface area contributed by atoms with Crippen molar-refractivity contribution in [1.29, 1.82) is 0 Å². The zero-order valence-electron chi connectivity index (χ0n) is 15.3. The molecule has 0 unspecified atom stereocenters. The number of hydrogen-bond donors (Lipinski definition) is 0. The maximum Gasteiger partial charge on any atom is 0.338 e. The third-order valence-corrected chi connectivity index (χ3v) is 5.18. The van der Waals surface area contributed by atoms with Gasteiger partial charge in [0.1, 0.15) is 0 Å². The van der Waals surface area contributed by atoms with Crippen LogP contribution >= 0.6 is 23.1 Å². The summed E-state index contributed by atoms with van der Waals surface area (Å²) in [5, 5.41) is 0. The minimum Gasteiger partial charge on any atom is -0.462 e. The number of aryl methyl sites for hydroxylation is 1. The fourth-order valence-corrected chi connectivity index (χ4v) is 3.61. The molecule has 0 N–H and O–H groups in total. The molecule has 0 atom stereocenters. The number of thiazole rings is 1. The number of fused-ring (bicyclic) bond motifs is 1. The maximum atomic E-state index is 12.3. The van der Waals surface area contributed by atoms with Crippen molar-refractivity contribution in [3.8, 4) is 0 Å². The van der Waals surface area contributed by atoms with Gasteiger partial charge in [0, 0.05) is 17.7 Å². The van der Waals surface area contributed by atoms with Crippen LogP contribution in [0.4, 0.5) is 0 Å². The molecule has 2 rings (SSSR count). The smallest absolute Gasteiger partial charge is 0.338 e. The van der Waals surface area contributed by atoms with Crippen molar-refractivity contribution in [3.63, 3.8) is 0 Å². The van der Waals surface area contributed by atoms with Crippen molar-refractivity contribution < 1.29 is 14.3 Å². The molecule has 0 aliphatic carbocycles. The summed E-state index contributed by atoms with van der Waals surface area (Å²) in [6, 6.07) is 5.48. The number of carbonyl (C=O) groups excluding carboxylic acids is 2. The summed E-state index contributed by atoms with van der Waals surface area (Å²) in [5.74, 6) is 0.433. The van der Waals surface area contributed by atoms with Gasteiger partial charge in [-0.05, 0) is 31.4 Å². The van der Waals surface area contributed by atoms with Crippen molar-refractivity contribution in [2.24, 2.45) is 10.4 Å². The number of rotatable bonds is 5. The maximum absolute atomic E-state index is 12.3. The van der Waals surface area contributed by atoms with Gasteiger partial charge in [-0.25, -0.2) is 4.79 Å². The van der Waals surface area contributed by atoms with Crippen molar-refractivity contribution in [2.75, 3.05) is 18.6 Å². The predicted molar refractivity (Wildman–Crippen MR) is 104 cm³/mol. The molecule has 1 amide bonds. The second-order valence-corrected chi connectivity index (χ2v) is 8.59. The van der Waals surface area contributed by atoms with E-state index in [1.54, 1.807) is 24.8 Å². The minimum absolute atomic E-state index is 0.150. The Bertz CT molecular complexity index is 844. The van der Waals surface area contributed by atoms with E-state index in [9.17, 15) is 9.59 Å². The summed E-state index contributed by atoms with van der Waals surface area (Å²) in [6.45, 7) is 8.46. The molecule has 5 nitrogen and oxygen atoms in total. The molecule has 0 spiro atoms. The highest BCUT2D eigenvalue weighted by molar-refractivity contribution is 7.98. The molecule has 0 saturated heterocycles. The van der Waals surface area contributed by atoms with Crippen molar-refractivity contribution >= 4 is 45.2 Å². The van der Waals surface area contributed by atoms with Crippen molar-refractivity contribution in [2.45, 2.75) is 34.2 Å². The molecule has 1 aromatic carbocycles. The topological polar surface area (TPSA) is 60.7 Å². The van der Waals surface area contributed by atoms with Gasteiger partial charge < -0.3 is 9.30 Å². The molecular weight excluding hydrogens is 356 g/mol. The van der Waals surface area contributed by atoms with Gasteiger partial charge in [-0.3, -0.25) is 4.79 Å². The minimum atomic E-state index is -0.524. The van der Waals surface area contributed by atoms with Gasteiger partial charge >= 0.3 is 5.97 Å². The molecule has 0 bridgehead atoms. The standard InChI is InChI=1S/C18H24N2O3S2/c1-6-23-15(21)12-7-8-13-14(11-12)25-17(20(13)9-10-24-5)19-16(22)18(2,3)4/h7-8,11H,6,9-10H2,1-5H3.